The van der Waals surface area contributed by atoms with E-state index in [1.807, 2.05) is 5.38 Å². The number of nitrogens with one attached hydrogen (secondary N) is 1. The number of carboxylic acids is 1. The number of aromatic nitrogens is 1. The maximum Gasteiger partial charge on any atom is 0.326 e. The molecule has 0 saturated heterocycles. The molecule has 112 valence electrons. The highest BCUT2D eigenvalue weighted by molar-refractivity contribution is 7.98. The van der Waals surface area contributed by atoms with E-state index in [1.165, 1.54) is 6.92 Å². The molecule has 20 heavy (non-hydrogen) atoms. The standard InChI is InChI=1S/C13H20N2O3S2/c1-8(2)12-15-10(7-20-12)6-19-5-4-11(13(17)18)14-9(3)16/h7-8,11H,4-6H2,1-3H3,(H,14,16)(H,17,18). The number of thiazole rings is 1. The summed E-state index contributed by atoms with van der Waals surface area (Å²) in [5, 5.41) is 14.6. The summed E-state index contributed by atoms with van der Waals surface area (Å²) in [6, 6.07) is -0.804. The number of carbonyl (C=O) groups excluding carboxylic acids is 1. The number of hydrogen-bond acceptors (Lipinski definition) is 5. The summed E-state index contributed by atoms with van der Waals surface area (Å²) in [6.07, 6.45) is 0.417. The number of rotatable bonds is 8. The van der Waals surface area contributed by atoms with Gasteiger partial charge in [0.15, 0.2) is 0 Å². The van der Waals surface area contributed by atoms with Gasteiger partial charge in [0, 0.05) is 24.0 Å². The predicted octanol–water partition coefficient (Wildman–Crippen LogP) is 2.48. The van der Waals surface area contributed by atoms with E-state index in [-0.39, 0.29) is 5.91 Å². The van der Waals surface area contributed by atoms with Crippen LogP contribution in [0.4, 0.5) is 0 Å². The summed E-state index contributed by atoms with van der Waals surface area (Å²) in [5.41, 5.74) is 1.04. The lowest BCUT2D eigenvalue weighted by atomic mass is 10.2. The van der Waals surface area contributed by atoms with Crippen LogP contribution in [-0.2, 0) is 15.3 Å². The molecule has 0 aliphatic carbocycles. The van der Waals surface area contributed by atoms with E-state index in [9.17, 15) is 9.59 Å². The van der Waals surface area contributed by atoms with Gasteiger partial charge in [-0.05, 0) is 12.2 Å². The van der Waals surface area contributed by atoms with Crippen LogP contribution in [0, 0.1) is 0 Å². The third-order valence-corrected chi connectivity index (χ3v) is 4.76. The van der Waals surface area contributed by atoms with Crippen LogP contribution in [0.15, 0.2) is 5.38 Å². The largest absolute Gasteiger partial charge is 0.480 e. The van der Waals surface area contributed by atoms with Crippen molar-refractivity contribution in [2.24, 2.45) is 0 Å². The molecule has 1 aromatic heterocycles. The van der Waals surface area contributed by atoms with Gasteiger partial charge in [-0.25, -0.2) is 9.78 Å². The highest BCUT2D eigenvalue weighted by atomic mass is 32.2. The van der Waals surface area contributed by atoms with Crippen LogP contribution >= 0.6 is 23.1 Å². The molecule has 1 atom stereocenters. The van der Waals surface area contributed by atoms with Crippen molar-refractivity contribution < 1.29 is 14.7 Å². The Balaban J connectivity index is 2.32. The van der Waals surface area contributed by atoms with Crippen LogP contribution in [0.2, 0.25) is 0 Å². The Morgan fingerprint density at radius 2 is 2.20 bits per heavy atom. The number of aliphatic carboxylic acids is 1. The lowest BCUT2D eigenvalue weighted by Gasteiger charge is -2.12. The molecule has 0 aromatic carbocycles. The Bertz CT molecular complexity index is 460. The summed E-state index contributed by atoms with van der Waals surface area (Å²) in [6.45, 7) is 5.55. The second-order valence-corrected chi connectivity index (χ2v) is 6.76. The molecule has 0 saturated carbocycles. The van der Waals surface area contributed by atoms with Crippen molar-refractivity contribution in [2.45, 2.75) is 44.9 Å². The lowest BCUT2D eigenvalue weighted by molar-refractivity contribution is -0.141. The average molecular weight is 316 g/mol. The van der Waals surface area contributed by atoms with Crippen LogP contribution in [0.1, 0.15) is 43.8 Å². The Hall–Kier alpha value is -1.08. The van der Waals surface area contributed by atoms with Gasteiger partial charge < -0.3 is 10.4 Å². The van der Waals surface area contributed by atoms with E-state index >= 15 is 0 Å². The second-order valence-electron chi connectivity index (χ2n) is 4.76. The van der Waals surface area contributed by atoms with Crippen LogP contribution in [0.3, 0.4) is 0 Å². The van der Waals surface area contributed by atoms with Gasteiger partial charge in [0.05, 0.1) is 10.7 Å². The second kappa shape index (κ2) is 8.26. The Morgan fingerprint density at radius 3 is 2.70 bits per heavy atom. The summed E-state index contributed by atoms with van der Waals surface area (Å²) < 4.78 is 0. The van der Waals surface area contributed by atoms with Gasteiger partial charge in [-0.15, -0.1) is 11.3 Å². The number of thioether (sulfide) groups is 1. The van der Waals surface area contributed by atoms with E-state index < -0.39 is 12.0 Å². The first-order valence-corrected chi connectivity index (χ1v) is 8.45. The molecule has 1 aromatic rings. The van der Waals surface area contributed by atoms with Crippen LogP contribution in [-0.4, -0.2) is 33.8 Å². The molecule has 0 spiro atoms. The Labute approximate surface area is 127 Å². The Morgan fingerprint density at radius 1 is 1.50 bits per heavy atom. The molecule has 1 heterocycles. The normalized spacial score (nSPS) is 12.4. The molecule has 0 fully saturated rings. The fourth-order valence-corrected chi connectivity index (χ4v) is 3.38. The first-order chi connectivity index (χ1) is 9.40. The molecular formula is C13H20N2O3S2. The smallest absolute Gasteiger partial charge is 0.326 e. The fraction of sp³-hybridized carbons (Fsp3) is 0.615. The monoisotopic (exact) mass is 316 g/mol. The van der Waals surface area contributed by atoms with E-state index in [1.54, 1.807) is 23.1 Å². The van der Waals surface area contributed by atoms with Crippen LogP contribution in [0.5, 0.6) is 0 Å². The molecule has 0 aliphatic rings. The molecule has 7 heteroatoms. The quantitative estimate of drug-likeness (QED) is 0.720. The van der Waals surface area contributed by atoms with E-state index in [0.717, 1.165) is 16.5 Å². The van der Waals surface area contributed by atoms with Crippen molar-refractivity contribution in [3.63, 3.8) is 0 Å². The van der Waals surface area contributed by atoms with Gasteiger partial charge in [0.1, 0.15) is 6.04 Å². The van der Waals surface area contributed by atoms with Crippen molar-refractivity contribution in [3.8, 4) is 0 Å². The molecule has 2 N–H and O–H groups in total. The minimum absolute atomic E-state index is 0.316. The minimum Gasteiger partial charge on any atom is -0.480 e. The van der Waals surface area contributed by atoms with Gasteiger partial charge in [-0.1, -0.05) is 13.8 Å². The average Bonchev–Trinajstić information content (AvgIpc) is 2.81. The van der Waals surface area contributed by atoms with Crippen LogP contribution < -0.4 is 5.32 Å². The molecule has 0 aliphatic heterocycles. The van der Waals surface area contributed by atoms with E-state index in [4.69, 9.17) is 5.11 Å². The maximum atomic E-state index is 10.9. The highest BCUT2D eigenvalue weighted by Gasteiger charge is 2.17. The molecule has 1 unspecified atom stereocenters. The summed E-state index contributed by atoms with van der Waals surface area (Å²) in [5.74, 6) is 0.580. The lowest BCUT2D eigenvalue weighted by Crippen LogP contribution is -2.39. The number of hydrogen-bond donors (Lipinski definition) is 2. The fourth-order valence-electron chi connectivity index (χ4n) is 1.53. The van der Waals surface area contributed by atoms with Gasteiger partial charge in [-0.3, -0.25) is 4.79 Å². The van der Waals surface area contributed by atoms with Crippen molar-refractivity contribution >= 4 is 35.0 Å². The van der Waals surface area contributed by atoms with E-state index in [0.29, 0.717) is 18.1 Å². The topological polar surface area (TPSA) is 79.3 Å². The van der Waals surface area contributed by atoms with Gasteiger partial charge in [0.25, 0.3) is 0 Å². The van der Waals surface area contributed by atoms with Crippen molar-refractivity contribution in [2.75, 3.05) is 5.75 Å². The minimum atomic E-state index is -0.989. The summed E-state index contributed by atoms with van der Waals surface area (Å²) >= 11 is 3.29. The van der Waals surface area contributed by atoms with E-state index in [2.05, 4.69) is 24.1 Å². The third-order valence-electron chi connectivity index (χ3n) is 2.54. The number of carbonyl (C=O) groups is 2. The number of carboxylic acid groups (broad SMARTS) is 1. The third kappa shape index (κ3) is 5.92. The van der Waals surface area contributed by atoms with Crippen LogP contribution in [0.25, 0.3) is 0 Å². The van der Waals surface area contributed by atoms with Gasteiger partial charge in [0.2, 0.25) is 5.91 Å². The molecule has 0 radical (unpaired) electrons. The molecule has 0 bridgehead atoms. The van der Waals surface area contributed by atoms with Crippen molar-refractivity contribution in [1.82, 2.24) is 10.3 Å². The van der Waals surface area contributed by atoms with Crippen molar-refractivity contribution in [3.05, 3.63) is 16.1 Å². The zero-order valence-electron chi connectivity index (χ0n) is 11.9. The Kier molecular flexibility index (Phi) is 7.01. The SMILES string of the molecule is CC(=O)NC(CCSCc1csc(C(C)C)n1)C(=O)O. The van der Waals surface area contributed by atoms with Gasteiger partial charge in [-0.2, -0.15) is 11.8 Å². The zero-order valence-corrected chi connectivity index (χ0v) is 13.5. The first-order valence-electron chi connectivity index (χ1n) is 6.42. The summed E-state index contributed by atoms with van der Waals surface area (Å²) in [4.78, 5) is 26.4. The molecule has 5 nitrogen and oxygen atoms in total. The molecule has 1 rings (SSSR count). The predicted molar refractivity (Wildman–Crippen MR) is 82.2 cm³/mol. The highest BCUT2D eigenvalue weighted by Crippen LogP contribution is 2.22. The first kappa shape index (κ1) is 17.0. The number of amides is 1. The van der Waals surface area contributed by atoms with Crippen molar-refractivity contribution in [1.29, 1.82) is 0 Å². The molecule has 1 amide bonds. The number of nitrogens with zero attached hydrogens (tertiary/aromatic N) is 1. The summed E-state index contributed by atoms with van der Waals surface area (Å²) in [7, 11) is 0. The molecular weight excluding hydrogens is 296 g/mol. The zero-order chi connectivity index (χ0) is 15.1. The van der Waals surface area contributed by atoms with Gasteiger partial charge >= 0.3 is 5.97 Å². The maximum absolute atomic E-state index is 10.9.